The van der Waals surface area contributed by atoms with Crippen LogP contribution in [0.4, 0.5) is 0 Å². The number of rotatable bonds is 2. The highest BCUT2D eigenvalue weighted by atomic mass is 127. The average molecular weight is 380 g/mol. The molecule has 0 radical (unpaired) electrons. The van der Waals surface area contributed by atoms with E-state index in [4.69, 9.17) is 5.73 Å². The zero-order valence-corrected chi connectivity index (χ0v) is 13.9. The van der Waals surface area contributed by atoms with E-state index in [1.165, 1.54) is 25.7 Å². The lowest BCUT2D eigenvalue weighted by Crippen LogP contribution is -2.38. The van der Waals surface area contributed by atoms with Gasteiger partial charge in [0.15, 0.2) is 5.96 Å². The van der Waals surface area contributed by atoms with Crippen LogP contribution in [0.25, 0.3) is 0 Å². The number of likely N-dealkylation sites (tertiary alicyclic amines) is 1. The van der Waals surface area contributed by atoms with Crippen molar-refractivity contribution in [3.8, 4) is 0 Å². The van der Waals surface area contributed by atoms with Gasteiger partial charge in [-0.15, -0.1) is 35.3 Å². The molecule has 2 rings (SSSR count). The predicted molar refractivity (Wildman–Crippen MR) is 87.6 cm³/mol. The molecule has 1 aromatic heterocycles. The highest BCUT2D eigenvalue weighted by molar-refractivity contribution is 14.0. The second-order valence-corrected chi connectivity index (χ2v) is 5.40. The Morgan fingerprint density at radius 3 is 2.61 bits per heavy atom. The van der Waals surface area contributed by atoms with Gasteiger partial charge < -0.3 is 10.6 Å². The maximum atomic E-state index is 6.03. The largest absolute Gasteiger partial charge is 0.370 e. The first-order valence-corrected chi connectivity index (χ1v) is 7.09. The Labute approximate surface area is 130 Å². The van der Waals surface area contributed by atoms with Gasteiger partial charge in [0.05, 0.1) is 6.54 Å². The van der Waals surface area contributed by atoms with Crippen molar-refractivity contribution >= 4 is 41.3 Å². The van der Waals surface area contributed by atoms with Crippen LogP contribution in [0.15, 0.2) is 10.4 Å². The van der Waals surface area contributed by atoms with Crippen molar-refractivity contribution in [3.63, 3.8) is 0 Å². The van der Waals surface area contributed by atoms with Gasteiger partial charge >= 0.3 is 0 Å². The number of guanidine groups is 1. The van der Waals surface area contributed by atoms with Crippen molar-refractivity contribution in [3.05, 3.63) is 16.1 Å². The van der Waals surface area contributed by atoms with Crippen molar-refractivity contribution in [2.24, 2.45) is 10.7 Å². The second-order valence-electron chi connectivity index (χ2n) is 4.46. The quantitative estimate of drug-likeness (QED) is 0.488. The Hall–Kier alpha value is -0.370. The lowest BCUT2D eigenvalue weighted by molar-refractivity contribution is 0.428. The molecule has 0 spiro atoms. The molecule has 0 bridgehead atoms. The van der Waals surface area contributed by atoms with Gasteiger partial charge in [-0.05, 0) is 19.8 Å². The van der Waals surface area contributed by atoms with Gasteiger partial charge in [-0.2, -0.15) is 0 Å². The van der Waals surface area contributed by atoms with Crippen LogP contribution in [-0.2, 0) is 6.54 Å². The first-order chi connectivity index (χ1) is 8.25. The Bertz CT molecular complexity index is 383. The zero-order chi connectivity index (χ0) is 12.1. The molecule has 0 amide bonds. The van der Waals surface area contributed by atoms with E-state index in [0.29, 0.717) is 12.5 Å². The number of aryl methyl sites for hydroxylation is 1. The van der Waals surface area contributed by atoms with Crippen LogP contribution >= 0.6 is 35.3 Å². The normalized spacial score (nSPS) is 17.2. The molecule has 0 unspecified atom stereocenters. The minimum absolute atomic E-state index is 0. The first-order valence-electron chi connectivity index (χ1n) is 6.21. The smallest absolute Gasteiger partial charge is 0.191 e. The molecule has 6 heteroatoms. The lowest BCUT2D eigenvalue weighted by atomic mass is 10.2. The van der Waals surface area contributed by atoms with Gasteiger partial charge in [0.25, 0.3) is 0 Å². The number of thiazole rings is 1. The molecule has 102 valence electrons. The van der Waals surface area contributed by atoms with E-state index in [0.717, 1.165) is 23.8 Å². The molecule has 0 aromatic carbocycles. The Morgan fingerprint density at radius 2 is 2.06 bits per heavy atom. The van der Waals surface area contributed by atoms with Crippen LogP contribution in [0.3, 0.4) is 0 Å². The Morgan fingerprint density at radius 1 is 1.39 bits per heavy atom. The van der Waals surface area contributed by atoms with E-state index in [2.05, 4.69) is 14.9 Å². The summed E-state index contributed by atoms with van der Waals surface area (Å²) in [5.41, 5.74) is 7.09. The van der Waals surface area contributed by atoms with Gasteiger partial charge in [-0.25, -0.2) is 9.98 Å². The number of aromatic nitrogens is 1. The number of nitrogens with zero attached hydrogens (tertiary/aromatic N) is 3. The maximum absolute atomic E-state index is 6.03. The highest BCUT2D eigenvalue weighted by Gasteiger charge is 2.10. The molecule has 2 heterocycles. The van der Waals surface area contributed by atoms with E-state index in [1.807, 2.05) is 12.3 Å². The lowest BCUT2D eigenvalue weighted by Gasteiger charge is -2.20. The van der Waals surface area contributed by atoms with Crippen molar-refractivity contribution in [1.29, 1.82) is 0 Å². The monoisotopic (exact) mass is 380 g/mol. The highest BCUT2D eigenvalue weighted by Crippen LogP contribution is 2.11. The molecule has 0 saturated carbocycles. The van der Waals surface area contributed by atoms with Crippen LogP contribution < -0.4 is 5.73 Å². The molecule has 4 nitrogen and oxygen atoms in total. The fraction of sp³-hybridized carbons (Fsp3) is 0.667. The van der Waals surface area contributed by atoms with Crippen molar-refractivity contribution in [2.75, 3.05) is 13.1 Å². The molecule has 2 N–H and O–H groups in total. The van der Waals surface area contributed by atoms with Gasteiger partial charge in [0.1, 0.15) is 5.01 Å². The van der Waals surface area contributed by atoms with Crippen LogP contribution in [0, 0.1) is 6.92 Å². The summed E-state index contributed by atoms with van der Waals surface area (Å²) in [6, 6.07) is 0. The third kappa shape index (κ3) is 4.72. The Kier molecular flexibility index (Phi) is 6.91. The number of halogens is 1. The van der Waals surface area contributed by atoms with E-state index >= 15 is 0 Å². The summed E-state index contributed by atoms with van der Waals surface area (Å²) in [4.78, 5) is 11.0. The molecule has 18 heavy (non-hydrogen) atoms. The van der Waals surface area contributed by atoms with Crippen LogP contribution in [-0.4, -0.2) is 28.9 Å². The summed E-state index contributed by atoms with van der Waals surface area (Å²) in [6.45, 7) is 4.71. The molecule has 0 aliphatic carbocycles. The third-order valence-corrected chi connectivity index (χ3v) is 3.92. The summed E-state index contributed by atoms with van der Waals surface area (Å²) in [5, 5.41) is 3.09. The molecular weight excluding hydrogens is 359 g/mol. The van der Waals surface area contributed by atoms with E-state index in [-0.39, 0.29) is 24.0 Å². The molecular formula is C12H21IN4S. The van der Waals surface area contributed by atoms with Gasteiger partial charge in [0, 0.05) is 24.2 Å². The third-order valence-electron chi connectivity index (χ3n) is 2.97. The molecule has 1 aromatic rings. The Balaban J connectivity index is 0.00000162. The average Bonchev–Trinajstić information content (AvgIpc) is 2.58. The molecule has 1 fully saturated rings. The van der Waals surface area contributed by atoms with Gasteiger partial charge in [-0.3, -0.25) is 0 Å². The number of hydrogen-bond donors (Lipinski definition) is 1. The minimum Gasteiger partial charge on any atom is -0.370 e. The fourth-order valence-corrected chi connectivity index (χ4v) is 2.72. The maximum Gasteiger partial charge on any atom is 0.191 e. The van der Waals surface area contributed by atoms with E-state index in [1.54, 1.807) is 11.3 Å². The van der Waals surface area contributed by atoms with Crippen LogP contribution in [0.2, 0.25) is 0 Å². The number of nitrogens with two attached hydrogens (primary N) is 1. The van der Waals surface area contributed by atoms with E-state index < -0.39 is 0 Å². The minimum atomic E-state index is 0. The standard InChI is InChI=1S/C12H20N4S.HI/c1-10-9-17-11(15-10)8-14-12(13)16-6-4-2-3-5-7-16;/h9H,2-8H2,1H3,(H2,13,14);1H. The summed E-state index contributed by atoms with van der Waals surface area (Å²) < 4.78 is 0. The van der Waals surface area contributed by atoms with Crippen molar-refractivity contribution in [1.82, 2.24) is 9.88 Å². The first kappa shape index (κ1) is 15.7. The zero-order valence-electron chi connectivity index (χ0n) is 10.8. The topological polar surface area (TPSA) is 54.5 Å². The van der Waals surface area contributed by atoms with Gasteiger partial charge in [0.2, 0.25) is 0 Å². The van der Waals surface area contributed by atoms with E-state index in [9.17, 15) is 0 Å². The predicted octanol–water partition coefficient (Wildman–Crippen LogP) is 2.76. The summed E-state index contributed by atoms with van der Waals surface area (Å²) in [5.74, 6) is 0.680. The molecule has 1 saturated heterocycles. The number of aliphatic imine (C=N–C) groups is 1. The van der Waals surface area contributed by atoms with Crippen LogP contribution in [0.1, 0.15) is 36.4 Å². The molecule has 0 atom stereocenters. The second kappa shape index (κ2) is 7.93. The van der Waals surface area contributed by atoms with Gasteiger partial charge in [-0.1, -0.05) is 12.8 Å². The fourth-order valence-electron chi connectivity index (χ4n) is 2.02. The van der Waals surface area contributed by atoms with Crippen LogP contribution in [0.5, 0.6) is 0 Å². The van der Waals surface area contributed by atoms with Crippen molar-refractivity contribution < 1.29 is 0 Å². The summed E-state index contributed by atoms with van der Waals surface area (Å²) in [7, 11) is 0. The van der Waals surface area contributed by atoms with Crippen molar-refractivity contribution in [2.45, 2.75) is 39.2 Å². The SMILES string of the molecule is Cc1csc(CN=C(N)N2CCCCCC2)n1.I. The summed E-state index contributed by atoms with van der Waals surface area (Å²) >= 11 is 1.65. The molecule has 1 aliphatic heterocycles. The number of hydrogen-bond acceptors (Lipinski definition) is 3. The molecule has 1 aliphatic rings. The summed E-state index contributed by atoms with van der Waals surface area (Å²) in [6.07, 6.45) is 5.09.